The summed E-state index contributed by atoms with van der Waals surface area (Å²) < 4.78 is 0. The molecule has 0 heterocycles. The van der Waals surface area contributed by atoms with E-state index in [1.165, 1.54) is 12.1 Å². The van der Waals surface area contributed by atoms with Crippen molar-refractivity contribution in [3.05, 3.63) is 56.1 Å². The summed E-state index contributed by atoms with van der Waals surface area (Å²) in [5.41, 5.74) is 3.76. The fourth-order valence-electron chi connectivity index (χ4n) is 2.01. The van der Waals surface area contributed by atoms with Crippen LogP contribution < -0.4 is 5.73 Å². The van der Waals surface area contributed by atoms with Crippen LogP contribution in [0, 0.1) is 20.2 Å². The minimum Gasteiger partial charge on any atom is -0.264 e. The molecule has 0 aliphatic rings. The van der Waals surface area contributed by atoms with Gasteiger partial charge < -0.3 is 0 Å². The number of rotatable bonds is 7. The zero-order chi connectivity index (χ0) is 14.5. The summed E-state index contributed by atoms with van der Waals surface area (Å²) >= 11 is 0. The Kier molecular flexibility index (Phi) is 4.94. The van der Waals surface area contributed by atoms with Gasteiger partial charge in [-0.15, -0.1) is 0 Å². The third-order valence-electron chi connectivity index (χ3n) is 3.13. The van der Waals surface area contributed by atoms with Crippen LogP contribution in [-0.4, -0.2) is 15.9 Å². The van der Waals surface area contributed by atoms with Crippen LogP contribution in [0.5, 0.6) is 0 Å². The van der Waals surface area contributed by atoms with Crippen LogP contribution in [0.1, 0.15) is 31.7 Å². The molecule has 1 rings (SSSR count). The first-order valence-electron chi connectivity index (χ1n) is 6.07. The molecule has 7 nitrogen and oxygen atoms in total. The molecule has 0 aliphatic carbocycles. The second-order valence-electron chi connectivity index (χ2n) is 4.39. The van der Waals surface area contributed by atoms with E-state index in [1.807, 2.05) is 6.92 Å². The largest absolute Gasteiger partial charge is 0.364 e. The number of hydrogen-bond acceptors (Lipinski definition) is 5. The van der Waals surface area contributed by atoms with E-state index >= 15 is 0 Å². The predicted octanol–water partition coefficient (Wildman–Crippen LogP) is 1.91. The second kappa shape index (κ2) is 6.24. The molecule has 0 spiro atoms. The minimum atomic E-state index is -2.19. The molecular formula is C12H17N3O4. The van der Waals surface area contributed by atoms with Gasteiger partial charge in [-0.05, 0) is 6.42 Å². The van der Waals surface area contributed by atoms with E-state index in [2.05, 4.69) is 0 Å². The highest BCUT2D eigenvalue weighted by Gasteiger charge is 2.56. The van der Waals surface area contributed by atoms with Gasteiger partial charge in [0.05, 0.1) is 10.5 Å². The average molecular weight is 267 g/mol. The van der Waals surface area contributed by atoms with Gasteiger partial charge in [-0.1, -0.05) is 43.7 Å². The molecule has 0 saturated carbocycles. The lowest BCUT2D eigenvalue weighted by atomic mass is 9.90. The third-order valence-corrected chi connectivity index (χ3v) is 3.13. The molecular weight excluding hydrogens is 250 g/mol. The van der Waals surface area contributed by atoms with Crippen molar-refractivity contribution in [1.82, 2.24) is 0 Å². The first-order chi connectivity index (χ1) is 8.94. The molecule has 0 amide bonds. The monoisotopic (exact) mass is 267 g/mol. The molecule has 0 saturated heterocycles. The molecule has 2 N–H and O–H groups in total. The van der Waals surface area contributed by atoms with E-state index in [0.717, 1.165) is 0 Å². The summed E-state index contributed by atoms with van der Waals surface area (Å²) in [5.74, 6) is 0. The van der Waals surface area contributed by atoms with Gasteiger partial charge in [0.25, 0.3) is 0 Å². The molecule has 19 heavy (non-hydrogen) atoms. The summed E-state index contributed by atoms with van der Waals surface area (Å²) in [7, 11) is 0. The molecule has 2 unspecified atom stereocenters. The smallest absolute Gasteiger partial charge is 0.264 e. The van der Waals surface area contributed by atoms with Crippen LogP contribution in [0.25, 0.3) is 0 Å². The summed E-state index contributed by atoms with van der Waals surface area (Å²) in [6.07, 6.45) is 1.31. The lowest BCUT2D eigenvalue weighted by molar-refractivity contribution is -0.662. The van der Waals surface area contributed by atoms with Crippen molar-refractivity contribution < 1.29 is 9.85 Å². The third kappa shape index (κ3) is 3.05. The Bertz CT molecular complexity index is 452. The van der Waals surface area contributed by atoms with Crippen LogP contribution in [-0.2, 0) is 5.66 Å². The van der Waals surface area contributed by atoms with Gasteiger partial charge in [-0.3, -0.25) is 26.0 Å². The van der Waals surface area contributed by atoms with Crippen LogP contribution >= 0.6 is 0 Å². The molecule has 0 bridgehead atoms. The highest BCUT2D eigenvalue weighted by atomic mass is 16.6. The fraction of sp³-hybridized carbons (Fsp3) is 0.500. The number of benzene rings is 1. The van der Waals surface area contributed by atoms with E-state index < -0.39 is 21.6 Å². The number of nitro groups is 2. The van der Waals surface area contributed by atoms with E-state index in [-0.39, 0.29) is 12.0 Å². The Morgan fingerprint density at radius 3 is 2.26 bits per heavy atom. The number of nitrogens with two attached hydrogens (primary N) is 1. The quantitative estimate of drug-likeness (QED) is 0.460. The molecule has 1 aromatic rings. The van der Waals surface area contributed by atoms with Crippen molar-refractivity contribution >= 4 is 0 Å². The van der Waals surface area contributed by atoms with Crippen molar-refractivity contribution in [3.8, 4) is 0 Å². The molecule has 0 aromatic heterocycles. The highest BCUT2D eigenvalue weighted by molar-refractivity contribution is 5.22. The standard InChI is InChI=1S/C12H17N3O4/c1-2-3-9-11(14(16)17)12(13,15(18)19)10-7-5-4-6-8-10/h4-8,11H,2-3,9,13H2,1H3. The SMILES string of the molecule is CCCCC([N+](=O)[O-])C(N)(c1ccccc1)[N+](=O)[O-]. The lowest BCUT2D eigenvalue weighted by Gasteiger charge is -2.24. The van der Waals surface area contributed by atoms with E-state index in [9.17, 15) is 20.2 Å². The van der Waals surface area contributed by atoms with Crippen molar-refractivity contribution in [2.24, 2.45) is 5.73 Å². The first-order valence-corrected chi connectivity index (χ1v) is 6.07. The van der Waals surface area contributed by atoms with Gasteiger partial charge >= 0.3 is 11.7 Å². The van der Waals surface area contributed by atoms with Crippen molar-refractivity contribution in [2.75, 3.05) is 0 Å². The van der Waals surface area contributed by atoms with Crippen molar-refractivity contribution in [1.29, 1.82) is 0 Å². The number of unbranched alkanes of at least 4 members (excludes halogenated alkanes) is 1. The number of hydrogen-bond donors (Lipinski definition) is 1. The van der Waals surface area contributed by atoms with Crippen LogP contribution in [0.3, 0.4) is 0 Å². The normalized spacial score (nSPS) is 15.5. The summed E-state index contributed by atoms with van der Waals surface area (Å²) in [6, 6.07) is 6.30. The van der Waals surface area contributed by atoms with Crippen molar-refractivity contribution in [2.45, 2.75) is 37.9 Å². The zero-order valence-corrected chi connectivity index (χ0v) is 10.7. The average Bonchev–Trinajstić information content (AvgIpc) is 2.39. The Morgan fingerprint density at radius 2 is 1.84 bits per heavy atom. The van der Waals surface area contributed by atoms with Gasteiger partial charge in [0.15, 0.2) is 0 Å². The van der Waals surface area contributed by atoms with Gasteiger partial charge in [0.1, 0.15) is 0 Å². The first kappa shape index (κ1) is 15.0. The topological polar surface area (TPSA) is 112 Å². The van der Waals surface area contributed by atoms with E-state index in [1.54, 1.807) is 18.2 Å². The molecule has 0 fully saturated rings. The molecule has 104 valence electrons. The molecule has 7 heteroatoms. The van der Waals surface area contributed by atoms with Gasteiger partial charge in [-0.25, -0.2) is 0 Å². The summed E-state index contributed by atoms with van der Waals surface area (Å²) in [6.45, 7) is 1.86. The molecule has 0 aliphatic heterocycles. The Balaban J connectivity index is 3.23. The number of nitrogens with zero attached hydrogens (tertiary/aromatic N) is 2. The van der Waals surface area contributed by atoms with E-state index in [4.69, 9.17) is 5.73 Å². The highest BCUT2D eigenvalue weighted by Crippen LogP contribution is 2.28. The van der Waals surface area contributed by atoms with Crippen LogP contribution in [0.15, 0.2) is 30.3 Å². The predicted molar refractivity (Wildman–Crippen MR) is 69.6 cm³/mol. The molecule has 2 atom stereocenters. The molecule has 0 radical (unpaired) electrons. The summed E-state index contributed by atoms with van der Waals surface area (Å²) in [4.78, 5) is 21.1. The van der Waals surface area contributed by atoms with Gasteiger partial charge in [0.2, 0.25) is 0 Å². The Labute approximate surface area is 110 Å². The van der Waals surface area contributed by atoms with Crippen LogP contribution in [0.2, 0.25) is 0 Å². The maximum atomic E-state index is 11.3. The lowest BCUT2D eigenvalue weighted by Crippen LogP contribution is -2.57. The maximum absolute atomic E-state index is 11.3. The minimum absolute atomic E-state index is 0.0792. The summed E-state index contributed by atoms with van der Waals surface area (Å²) in [5, 5.41) is 22.5. The Morgan fingerprint density at radius 1 is 1.26 bits per heavy atom. The zero-order valence-electron chi connectivity index (χ0n) is 10.7. The molecule has 1 aromatic carbocycles. The van der Waals surface area contributed by atoms with E-state index in [0.29, 0.717) is 12.8 Å². The second-order valence-corrected chi connectivity index (χ2v) is 4.39. The maximum Gasteiger partial charge on any atom is 0.364 e. The van der Waals surface area contributed by atoms with Crippen molar-refractivity contribution in [3.63, 3.8) is 0 Å². The van der Waals surface area contributed by atoms with Crippen LogP contribution in [0.4, 0.5) is 0 Å². The van der Waals surface area contributed by atoms with Gasteiger partial charge in [-0.2, -0.15) is 0 Å². The Hall–Kier alpha value is -2.02. The fourth-order valence-corrected chi connectivity index (χ4v) is 2.01. The van der Waals surface area contributed by atoms with Gasteiger partial charge in [0, 0.05) is 11.3 Å².